The second kappa shape index (κ2) is 5.06. The van der Waals surface area contributed by atoms with E-state index in [-0.39, 0.29) is 6.04 Å². The summed E-state index contributed by atoms with van der Waals surface area (Å²) in [6.45, 7) is 0. The van der Waals surface area contributed by atoms with Crippen molar-refractivity contribution in [3.63, 3.8) is 0 Å². The van der Waals surface area contributed by atoms with E-state index in [4.69, 9.17) is 29.0 Å². The highest BCUT2D eigenvalue weighted by Gasteiger charge is 2.21. The molecule has 0 amide bonds. The van der Waals surface area contributed by atoms with Crippen LogP contribution in [0.4, 0.5) is 0 Å². The zero-order valence-electron chi connectivity index (χ0n) is 9.19. The monoisotopic (exact) mass is 270 g/mol. The van der Waals surface area contributed by atoms with Crippen molar-refractivity contribution in [2.24, 2.45) is 12.9 Å². The summed E-state index contributed by atoms with van der Waals surface area (Å²) < 4.78 is 1.73. The zero-order chi connectivity index (χ0) is 12.4. The summed E-state index contributed by atoms with van der Waals surface area (Å²) >= 11 is 12.3. The number of hydrogen-bond donors (Lipinski definition) is 2. The molecule has 0 bridgehead atoms. The van der Waals surface area contributed by atoms with Gasteiger partial charge in [-0.1, -0.05) is 29.3 Å². The average Bonchev–Trinajstić information content (AvgIpc) is 2.70. The number of hydrazine groups is 1. The van der Waals surface area contributed by atoms with Crippen LogP contribution < -0.4 is 11.3 Å². The maximum absolute atomic E-state index is 6.16. The fourth-order valence-electron chi connectivity index (χ4n) is 1.77. The molecule has 1 atom stereocenters. The Balaban J connectivity index is 2.53. The van der Waals surface area contributed by atoms with Gasteiger partial charge >= 0.3 is 0 Å². The molecule has 0 fully saturated rings. The van der Waals surface area contributed by atoms with Crippen LogP contribution in [0.3, 0.4) is 0 Å². The minimum Gasteiger partial charge on any atom is -0.271 e. The van der Waals surface area contributed by atoms with Crippen LogP contribution in [-0.4, -0.2) is 9.78 Å². The van der Waals surface area contributed by atoms with Crippen LogP contribution in [0.2, 0.25) is 10.0 Å². The van der Waals surface area contributed by atoms with Crippen molar-refractivity contribution in [3.8, 4) is 0 Å². The van der Waals surface area contributed by atoms with Crippen molar-refractivity contribution >= 4 is 23.2 Å². The number of benzene rings is 1. The smallest absolute Gasteiger partial charge is 0.0907 e. The van der Waals surface area contributed by atoms with Crippen LogP contribution in [0.1, 0.15) is 17.3 Å². The quantitative estimate of drug-likeness (QED) is 0.665. The molecular weight excluding hydrogens is 259 g/mol. The van der Waals surface area contributed by atoms with E-state index in [1.54, 1.807) is 29.1 Å². The lowest BCUT2D eigenvalue weighted by Crippen LogP contribution is -2.30. The summed E-state index contributed by atoms with van der Waals surface area (Å²) in [7, 11) is 1.84. The summed E-state index contributed by atoms with van der Waals surface area (Å²) in [6.07, 6.45) is 1.70. The van der Waals surface area contributed by atoms with Gasteiger partial charge in [0.2, 0.25) is 0 Å². The van der Waals surface area contributed by atoms with E-state index in [0.29, 0.717) is 10.0 Å². The molecule has 3 N–H and O–H groups in total. The fraction of sp³-hybridized carbons (Fsp3) is 0.182. The summed E-state index contributed by atoms with van der Waals surface area (Å²) in [5, 5.41) is 5.25. The molecule has 2 aromatic rings. The molecule has 0 saturated heterocycles. The molecule has 0 radical (unpaired) electrons. The van der Waals surface area contributed by atoms with E-state index in [9.17, 15) is 0 Å². The van der Waals surface area contributed by atoms with E-state index in [2.05, 4.69) is 10.5 Å². The van der Waals surface area contributed by atoms with Gasteiger partial charge < -0.3 is 0 Å². The molecule has 1 unspecified atom stereocenters. The number of hydrogen-bond acceptors (Lipinski definition) is 3. The lowest BCUT2D eigenvalue weighted by molar-refractivity contribution is 0.575. The predicted octanol–water partition coefficient (Wildman–Crippen LogP) is 2.28. The first-order valence-corrected chi connectivity index (χ1v) is 5.78. The second-order valence-corrected chi connectivity index (χ2v) is 4.43. The second-order valence-electron chi connectivity index (χ2n) is 3.61. The molecule has 2 rings (SSSR count). The minimum absolute atomic E-state index is 0.288. The predicted molar refractivity (Wildman–Crippen MR) is 68.8 cm³/mol. The van der Waals surface area contributed by atoms with E-state index in [1.165, 1.54) is 0 Å². The number of nitrogens with zero attached hydrogens (tertiary/aromatic N) is 2. The van der Waals surface area contributed by atoms with Crippen molar-refractivity contribution < 1.29 is 0 Å². The van der Waals surface area contributed by atoms with Gasteiger partial charge in [0.25, 0.3) is 0 Å². The topological polar surface area (TPSA) is 55.9 Å². The lowest BCUT2D eigenvalue weighted by atomic mass is 10.0. The van der Waals surface area contributed by atoms with E-state index >= 15 is 0 Å². The number of aromatic nitrogens is 2. The molecular formula is C11H12Cl2N4. The standard InChI is InChI=1S/C11H12Cl2N4/c1-17-9(5-6-15-17)11(16-14)10-7(12)3-2-4-8(10)13/h2-6,11,16H,14H2,1H3. The normalized spacial score (nSPS) is 12.7. The fourth-order valence-corrected chi connectivity index (χ4v) is 2.39. The third kappa shape index (κ3) is 2.30. The number of nitrogens with one attached hydrogen (secondary N) is 1. The number of halogens is 2. The molecule has 4 nitrogen and oxygen atoms in total. The lowest BCUT2D eigenvalue weighted by Gasteiger charge is -2.19. The molecule has 0 saturated carbocycles. The molecule has 6 heteroatoms. The first-order chi connectivity index (χ1) is 8.15. The molecule has 0 aliphatic rings. The van der Waals surface area contributed by atoms with Crippen LogP contribution >= 0.6 is 23.2 Å². The largest absolute Gasteiger partial charge is 0.271 e. The molecule has 0 aliphatic heterocycles. The molecule has 1 aromatic heterocycles. The summed E-state index contributed by atoms with van der Waals surface area (Å²) in [4.78, 5) is 0. The van der Waals surface area contributed by atoms with Gasteiger partial charge in [-0.3, -0.25) is 10.5 Å². The Morgan fingerprint density at radius 2 is 1.94 bits per heavy atom. The van der Waals surface area contributed by atoms with Crippen LogP contribution in [-0.2, 0) is 7.05 Å². The van der Waals surface area contributed by atoms with Crippen LogP contribution in [0, 0.1) is 0 Å². The van der Waals surface area contributed by atoms with Gasteiger partial charge in [-0.15, -0.1) is 0 Å². The average molecular weight is 271 g/mol. The van der Waals surface area contributed by atoms with E-state index < -0.39 is 0 Å². The highest BCUT2D eigenvalue weighted by molar-refractivity contribution is 6.36. The van der Waals surface area contributed by atoms with Crippen LogP contribution in [0.5, 0.6) is 0 Å². The van der Waals surface area contributed by atoms with Gasteiger partial charge in [0.05, 0.1) is 11.7 Å². The van der Waals surface area contributed by atoms with Gasteiger partial charge in [-0.25, -0.2) is 5.43 Å². The Morgan fingerprint density at radius 3 is 2.41 bits per heavy atom. The van der Waals surface area contributed by atoms with Crippen LogP contribution in [0.15, 0.2) is 30.5 Å². The van der Waals surface area contributed by atoms with E-state index in [1.807, 2.05) is 13.1 Å². The highest BCUT2D eigenvalue weighted by atomic mass is 35.5. The third-order valence-corrected chi connectivity index (χ3v) is 3.27. The number of aryl methyl sites for hydroxylation is 1. The Morgan fingerprint density at radius 1 is 1.29 bits per heavy atom. The van der Waals surface area contributed by atoms with Gasteiger partial charge in [0.15, 0.2) is 0 Å². The van der Waals surface area contributed by atoms with E-state index in [0.717, 1.165) is 11.3 Å². The molecule has 1 heterocycles. The van der Waals surface area contributed by atoms with Crippen molar-refractivity contribution in [1.82, 2.24) is 15.2 Å². The summed E-state index contributed by atoms with van der Waals surface area (Å²) in [5.74, 6) is 5.59. The number of nitrogens with two attached hydrogens (primary N) is 1. The first kappa shape index (κ1) is 12.4. The number of rotatable bonds is 3. The molecule has 17 heavy (non-hydrogen) atoms. The van der Waals surface area contributed by atoms with Gasteiger partial charge in [0, 0.05) is 28.9 Å². The third-order valence-electron chi connectivity index (χ3n) is 2.61. The summed E-state index contributed by atoms with van der Waals surface area (Å²) in [5.41, 5.74) is 4.36. The minimum atomic E-state index is -0.288. The van der Waals surface area contributed by atoms with Crippen molar-refractivity contribution in [1.29, 1.82) is 0 Å². The van der Waals surface area contributed by atoms with Gasteiger partial charge in [-0.05, 0) is 18.2 Å². The van der Waals surface area contributed by atoms with Crippen molar-refractivity contribution in [2.45, 2.75) is 6.04 Å². The summed E-state index contributed by atoms with van der Waals surface area (Å²) in [6, 6.07) is 6.94. The van der Waals surface area contributed by atoms with Gasteiger partial charge in [0.1, 0.15) is 0 Å². The Bertz CT molecular complexity index is 504. The maximum atomic E-state index is 6.16. The molecule has 1 aromatic carbocycles. The Hall–Kier alpha value is -1.07. The SMILES string of the molecule is Cn1nccc1C(NN)c1c(Cl)cccc1Cl. The zero-order valence-corrected chi connectivity index (χ0v) is 10.7. The molecule has 0 spiro atoms. The Labute approximate surface area is 109 Å². The molecule has 0 aliphatic carbocycles. The van der Waals surface area contributed by atoms with Gasteiger partial charge in [-0.2, -0.15) is 5.10 Å². The van der Waals surface area contributed by atoms with Crippen LogP contribution in [0.25, 0.3) is 0 Å². The highest BCUT2D eigenvalue weighted by Crippen LogP contribution is 2.33. The van der Waals surface area contributed by atoms with Crippen molar-refractivity contribution in [2.75, 3.05) is 0 Å². The first-order valence-electron chi connectivity index (χ1n) is 5.03. The molecule has 90 valence electrons. The van der Waals surface area contributed by atoms with Crippen molar-refractivity contribution in [3.05, 3.63) is 51.8 Å². The Kier molecular flexibility index (Phi) is 3.69. The maximum Gasteiger partial charge on any atom is 0.0907 e.